The van der Waals surface area contributed by atoms with Gasteiger partial charge in [-0.05, 0) is 44.4 Å². The summed E-state index contributed by atoms with van der Waals surface area (Å²) in [6.07, 6.45) is -5.46. The van der Waals surface area contributed by atoms with Crippen LogP contribution in [0.4, 0.5) is 0 Å². The van der Waals surface area contributed by atoms with Crippen LogP contribution in [-0.2, 0) is 25.4 Å². The molecule has 1 heterocycles. The van der Waals surface area contributed by atoms with Crippen molar-refractivity contribution in [2.45, 2.75) is 69.9 Å². The molecule has 0 aromatic heterocycles. The van der Waals surface area contributed by atoms with Gasteiger partial charge in [-0.3, -0.25) is 19.2 Å². The number of esters is 1. The smallest absolute Gasteiger partial charge is 0.341 e. The number of aliphatic hydroxyl groups excluding tert-OH is 2. The number of ketones is 4. The molecule has 14 heteroatoms. The van der Waals surface area contributed by atoms with Crippen molar-refractivity contribution in [3.8, 4) is 11.5 Å². The second-order valence-corrected chi connectivity index (χ2v) is 12.7. The second-order valence-electron chi connectivity index (χ2n) is 12.7. The molecule has 48 heavy (non-hydrogen) atoms. The Morgan fingerprint density at radius 1 is 0.979 bits per heavy atom. The molecule has 5 N–H and O–H groups in total. The van der Waals surface area contributed by atoms with Gasteiger partial charge in [0.25, 0.3) is 0 Å². The van der Waals surface area contributed by atoms with Gasteiger partial charge in [0.2, 0.25) is 5.78 Å². The van der Waals surface area contributed by atoms with Crippen LogP contribution in [0.5, 0.6) is 11.5 Å². The van der Waals surface area contributed by atoms with Crippen molar-refractivity contribution < 1.29 is 63.3 Å². The summed E-state index contributed by atoms with van der Waals surface area (Å²) in [6, 6.07) is 2.57. The van der Waals surface area contributed by atoms with Gasteiger partial charge in [-0.25, -0.2) is 4.79 Å². The molecule has 1 fully saturated rings. The predicted octanol–water partition coefficient (Wildman–Crippen LogP) is 1.27. The van der Waals surface area contributed by atoms with Gasteiger partial charge in [-0.2, -0.15) is 0 Å². The van der Waals surface area contributed by atoms with E-state index < -0.39 is 105 Å². The number of benzene rings is 2. The molecule has 2 aromatic carbocycles. The number of nitrogens with one attached hydrogen (secondary N) is 1. The summed E-state index contributed by atoms with van der Waals surface area (Å²) in [5.41, 5.74) is -3.69. The topological polar surface area (TPSA) is 215 Å². The van der Waals surface area contributed by atoms with E-state index >= 15 is 0 Å². The zero-order valence-corrected chi connectivity index (χ0v) is 26.9. The van der Waals surface area contributed by atoms with E-state index in [0.29, 0.717) is 11.1 Å². The van der Waals surface area contributed by atoms with Gasteiger partial charge in [-0.15, -0.1) is 0 Å². The number of phenols is 2. The number of allylic oxidation sites excluding steroid dienone is 2. The lowest BCUT2D eigenvalue weighted by Crippen LogP contribution is -2.62. The molecule has 254 valence electrons. The van der Waals surface area contributed by atoms with Crippen molar-refractivity contribution in [1.82, 2.24) is 5.32 Å². The fourth-order valence-corrected chi connectivity index (χ4v) is 7.69. The Morgan fingerprint density at radius 2 is 1.65 bits per heavy atom. The van der Waals surface area contributed by atoms with Gasteiger partial charge in [0.1, 0.15) is 35.4 Å². The molecule has 4 aliphatic rings. The Bertz CT molecular complexity index is 1850. The molecule has 1 aliphatic heterocycles. The average Bonchev–Trinajstić information content (AvgIpc) is 3.02. The average molecular weight is 666 g/mol. The summed E-state index contributed by atoms with van der Waals surface area (Å²) < 4.78 is 21.4. The van der Waals surface area contributed by atoms with Crippen molar-refractivity contribution in [2.24, 2.45) is 5.41 Å². The molecule has 1 saturated heterocycles. The van der Waals surface area contributed by atoms with Crippen LogP contribution in [0.3, 0.4) is 0 Å². The van der Waals surface area contributed by atoms with Crippen LogP contribution in [0.15, 0.2) is 23.9 Å². The van der Waals surface area contributed by atoms with Crippen LogP contribution in [0.25, 0.3) is 0 Å². The maximum Gasteiger partial charge on any atom is 0.341 e. The Labute approximate surface area is 274 Å². The van der Waals surface area contributed by atoms with Crippen LogP contribution in [-0.4, -0.2) is 108 Å². The lowest BCUT2D eigenvalue weighted by molar-refractivity contribution is -0.236. The van der Waals surface area contributed by atoms with Crippen molar-refractivity contribution in [3.05, 3.63) is 68.4 Å². The van der Waals surface area contributed by atoms with Crippen LogP contribution < -0.4 is 5.32 Å². The van der Waals surface area contributed by atoms with Gasteiger partial charge in [0.05, 0.1) is 47.5 Å². The van der Waals surface area contributed by atoms with E-state index in [-0.39, 0.29) is 28.8 Å². The van der Waals surface area contributed by atoms with Gasteiger partial charge >= 0.3 is 5.97 Å². The monoisotopic (exact) mass is 665 g/mol. The van der Waals surface area contributed by atoms with E-state index in [2.05, 4.69) is 5.32 Å². The number of methoxy groups -OCH3 is 3. The summed E-state index contributed by atoms with van der Waals surface area (Å²) >= 11 is 0. The SMILES string of the molecule is COC(=O)c1c(C)cc2c(c1O)C1C(=O)c3cc4c(c(O)c3C(=O)[C@]1(C)[C@H](O)C2)C(=O)C=C(N[C@H]1O[C@@H](C)[C@H](OC)[C@@H](O)[C@H]1OC)C4=O. The van der Waals surface area contributed by atoms with Crippen molar-refractivity contribution in [1.29, 1.82) is 0 Å². The van der Waals surface area contributed by atoms with E-state index in [1.165, 1.54) is 27.2 Å². The molecule has 8 atom stereocenters. The Morgan fingerprint density at radius 3 is 2.27 bits per heavy atom. The van der Waals surface area contributed by atoms with E-state index in [9.17, 15) is 44.4 Å². The minimum Gasteiger partial charge on any atom is -0.507 e. The van der Waals surface area contributed by atoms with Crippen LogP contribution in [0, 0.1) is 12.3 Å². The Kier molecular flexibility index (Phi) is 8.08. The molecule has 1 unspecified atom stereocenters. The highest BCUT2D eigenvalue weighted by Crippen LogP contribution is 2.57. The number of ether oxygens (including phenoxy) is 4. The van der Waals surface area contributed by atoms with Gasteiger partial charge in [-0.1, -0.05) is 6.07 Å². The van der Waals surface area contributed by atoms with Gasteiger partial charge in [0, 0.05) is 37.0 Å². The fraction of sp³-hybridized carbons (Fsp3) is 0.441. The zero-order chi connectivity index (χ0) is 35.1. The Hall–Kier alpha value is -4.47. The fourth-order valence-electron chi connectivity index (χ4n) is 7.69. The first-order chi connectivity index (χ1) is 22.6. The lowest BCUT2D eigenvalue weighted by atomic mass is 9.54. The third-order valence-corrected chi connectivity index (χ3v) is 10.2. The number of carbonyl (C=O) groups is 5. The highest BCUT2D eigenvalue weighted by molar-refractivity contribution is 6.29. The van der Waals surface area contributed by atoms with E-state index in [0.717, 1.165) is 19.3 Å². The third kappa shape index (κ3) is 4.47. The normalized spacial score (nSPS) is 30.9. The van der Waals surface area contributed by atoms with Crippen LogP contribution >= 0.6 is 0 Å². The summed E-state index contributed by atoms with van der Waals surface area (Å²) in [5.74, 6) is -7.30. The van der Waals surface area contributed by atoms with Crippen molar-refractivity contribution in [2.75, 3.05) is 21.3 Å². The van der Waals surface area contributed by atoms with Crippen molar-refractivity contribution in [3.63, 3.8) is 0 Å². The molecule has 0 bridgehead atoms. The number of carbonyl (C=O) groups excluding carboxylic acids is 5. The van der Waals surface area contributed by atoms with Crippen molar-refractivity contribution >= 4 is 29.1 Å². The van der Waals surface area contributed by atoms with Crippen LogP contribution in [0.1, 0.15) is 88.2 Å². The second kappa shape index (κ2) is 11.6. The Balaban J connectivity index is 1.46. The third-order valence-electron chi connectivity index (χ3n) is 10.2. The van der Waals surface area contributed by atoms with E-state index in [1.807, 2.05) is 0 Å². The zero-order valence-electron chi connectivity index (χ0n) is 26.9. The standard InChI is InChI=1S/C34H35NO13/c1-11-7-13-8-18(37)34(3)23(20(13)26(40)19(11)33(44)47-6)25(39)15-9-14-21(27(41)22(15)31(34)43)17(36)10-16(24(14)38)35-32-30(46-5)28(42)29(45-4)12(2)48-32/h7,9-10,12,18,23,28-30,32,35,37,40-42H,8H2,1-6H3/t12-,18+,23?,28+,29-,30+,32-,34+/m0/s1. The number of Topliss-reactive ketones (excluding diaryl/α,β-unsaturated/α-hetero) is 3. The van der Waals surface area contributed by atoms with Crippen LogP contribution in [0.2, 0.25) is 0 Å². The molecule has 0 radical (unpaired) electrons. The number of aromatic hydroxyl groups is 2. The molecular formula is C34H35NO13. The number of hydrogen-bond donors (Lipinski definition) is 5. The summed E-state index contributed by atoms with van der Waals surface area (Å²) in [7, 11) is 3.84. The number of aryl methyl sites for hydroxylation is 1. The minimum absolute atomic E-state index is 0.0539. The summed E-state index contributed by atoms with van der Waals surface area (Å²) in [4.78, 5) is 68.6. The number of rotatable bonds is 5. The number of aliphatic hydroxyl groups is 2. The lowest BCUT2D eigenvalue weighted by Gasteiger charge is -2.47. The number of phenolic OH excluding ortho intramolecular Hbond substituents is 2. The van der Waals surface area contributed by atoms with Gasteiger partial charge in [0.15, 0.2) is 23.6 Å². The first kappa shape index (κ1) is 33.4. The van der Waals surface area contributed by atoms with E-state index in [1.54, 1.807) is 13.8 Å². The molecule has 14 nitrogen and oxygen atoms in total. The maximum atomic E-state index is 14.4. The summed E-state index contributed by atoms with van der Waals surface area (Å²) in [6.45, 7) is 4.51. The molecule has 6 rings (SSSR count). The number of fused-ring (bicyclic) bond motifs is 5. The van der Waals surface area contributed by atoms with E-state index in [4.69, 9.17) is 18.9 Å². The predicted molar refractivity (Wildman–Crippen MR) is 163 cm³/mol. The highest BCUT2D eigenvalue weighted by atomic mass is 16.6. The first-order valence-electron chi connectivity index (χ1n) is 15.2. The maximum absolute atomic E-state index is 14.4. The molecular weight excluding hydrogens is 630 g/mol. The van der Waals surface area contributed by atoms with Gasteiger partial charge < -0.3 is 44.7 Å². The highest BCUT2D eigenvalue weighted by Gasteiger charge is 2.60. The first-order valence-corrected chi connectivity index (χ1v) is 15.2. The minimum atomic E-state index is -1.93. The molecule has 0 amide bonds. The molecule has 0 spiro atoms. The largest absolute Gasteiger partial charge is 0.507 e. The molecule has 2 aromatic rings. The molecule has 0 saturated carbocycles. The molecule has 3 aliphatic carbocycles. The summed E-state index contributed by atoms with van der Waals surface area (Å²) in [5, 5.41) is 47.7. The number of hydrogen-bond acceptors (Lipinski definition) is 14. The quantitative estimate of drug-likeness (QED) is 0.285.